The molecule has 1 aromatic rings. The largest absolute Gasteiger partial charge is 0.464 e. The molecule has 0 aliphatic rings. The van der Waals surface area contributed by atoms with Crippen LogP contribution in [0.15, 0.2) is 18.2 Å². The van der Waals surface area contributed by atoms with Crippen LogP contribution in [0.3, 0.4) is 0 Å². The van der Waals surface area contributed by atoms with Gasteiger partial charge in [-0.15, -0.1) is 0 Å². The third-order valence-electron chi connectivity index (χ3n) is 3.45. The topological polar surface area (TPSA) is 55.8 Å². The summed E-state index contributed by atoms with van der Waals surface area (Å²) >= 11 is 12.1. The summed E-state index contributed by atoms with van der Waals surface area (Å²) in [6, 6.07) is 4.90. The van der Waals surface area contributed by atoms with Crippen molar-refractivity contribution >= 4 is 35.1 Å². The molecule has 0 spiro atoms. The van der Waals surface area contributed by atoms with Crippen LogP contribution in [0.1, 0.15) is 19.4 Å². The lowest BCUT2D eigenvalue weighted by Crippen LogP contribution is -2.60. The molecule has 0 saturated heterocycles. The van der Waals surface area contributed by atoms with Crippen LogP contribution in [0.2, 0.25) is 10.0 Å². The molecule has 0 heterocycles. The van der Waals surface area contributed by atoms with Gasteiger partial charge in [0.25, 0.3) is 0 Å². The molecule has 0 aromatic heterocycles. The summed E-state index contributed by atoms with van der Waals surface area (Å²) in [5, 5.41) is 0.846. The van der Waals surface area contributed by atoms with Crippen LogP contribution in [0.25, 0.3) is 0 Å². The molecule has 0 N–H and O–H groups in total. The number of carbonyl (C=O) groups is 2. The van der Waals surface area contributed by atoms with Crippen molar-refractivity contribution in [3.8, 4) is 0 Å². The Hall–Kier alpha value is -1.30. The van der Waals surface area contributed by atoms with Crippen LogP contribution in [-0.2, 0) is 25.5 Å². The Labute approximate surface area is 146 Å². The first-order valence-corrected chi connectivity index (χ1v) is 8.01. The van der Waals surface area contributed by atoms with E-state index in [2.05, 4.69) is 0 Å². The molecule has 0 radical (unpaired) electrons. The Bertz CT molecular complexity index is 557. The van der Waals surface area contributed by atoms with E-state index in [0.717, 1.165) is 0 Å². The Kier molecular flexibility index (Phi) is 7.32. The minimum atomic E-state index is -1.61. The fraction of sp³-hybridized carbons (Fsp3) is 0.500. The van der Waals surface area contributed by atoms with Crippen LogP contribution in [-0.4, -0.2) is 49.7 Å². The van der Waals surface area contributed by atoms with Gasteiger partial charge in [0.2, 0.25) is 5.54 Å². The molecule has 1 aromatic carbocycles. The lowest BCUT2D eigenvalue weighted by Gasteiger charge is -2.35. The summed E-state index contributed by atoms with van der Waals surface area (Å²) < 4.78 is 10.2. The van der Waals surface area contributed by atoms with Gasteiger partial charge in [-0.3, -0.25) is 4.90 Å². The van der Waals surface area contributed by atoms with Crippen molar-refractivity contribution in [1.82, 2.24) is 4.90 Å². The minimum absolute atomic E-state index is 0.0215. The van der Waals surface area contributed by atoms with Crippen molar-refractivity contribution in [2.24, 2.45) is 0 Å². The monoisotopic (exact) mass is 361 g/mol. The maximum absolute atomic E-state index is 12.6. The quantitative estimate of drug-likeness (QED) is 0.551. The summed E-state index contributed by atoms with van der Waals surface area (Å²) in [5.41, 5.74) is -1.00. The second kappa shape index (κ2) is 8.52. The van der Waals surface area contributed by atoms with Crippen molar-refractivity contribution < 1.29 is 19.1 Å². The van der Waals surface area contributed by atoms with Crippen molar-refractivity contribution in [3.05, 3.63) is 33.8 Å². The Morgan fingerprint density at radius 2 is 1.61 bits per heavy atom. The van der Waals surface area contributed by atoms with Gasteiger partial charge in [0.15, 0.2) is 0 Å². The predicted octanol–water partition coefficient (Wildman–Crippen LogP) is 2.96. The first-order chi connectivity index (χ1) is 10.8. The highest BCUT2D eigenvalue weighted by Crippen LogP contribution is 2.29. The van der Waals surface area contributed by atoms with E-state index in [0.29, 0.717) is 15.6 Å². The standard InChI is InChI=1S/C16H21Cl2NO4/c1-5-22-14(20)16(19(3)4,15(21)23-6-2)10-11-7-8-12(17)9-13(11)18/h7-9H,5-6,10H2,1-4H3. The van der Waals surface area contributed by atoms with Gasteiger partial charge in [-0.1, -0.05) is 29.3 Å². The lowest BCUT2D eigenvalue weighted by atomic mass is 9.89. The highest BCUT2D eigenvalue weighted by molar-refractivity contribution is 6.35. The number of likely N-dealkylation sites (N-methyl/N-ethyl adjacent to an activating group) is 1. The van der Waals surface area contributed by atoms with E-state index >= 15 is 0 Å². The average molecular weight is 362 g/mol. The second-order valence-corrected chi connectivity index (χ2v) is 5.95. The molecule has 0 saturated carbocycles. The number of hydrogen-bond acceptors (Lipinski definition) is 5. The van der Waals surface area contributed by atoms with Gasteiger partial charge in [-0.05, 0) is 45.6 Å². The number of rotatable bonds is 7. The highest BCUT2D eigenvalue weighted by Gasteiger charge is 2.51. The molecule has 0 fully saturated rings. The molecule has 7 heteroatoms. The first-order valence-electron chi connectivity index (χ1n) is 7.25. The molecular weight excluding hydrogens is 341 g/mol. The van der Waals surface area contributed by atoms with Gasteiger partial charge in [0, 0.05) is 16.5 Å². The molecule has 0 aliphatic carbocycles. The number of carbonyl (C=O) groups excluding carboxylic acids is 2. The molecule has 0 unspecified atom stereocenters. The number of halogens is 2. The van der Waals surface area contributed by atoms with Crippen molar-refractivity contribution in [3.63, 3.8) is 0 Å². The summed E-state index contributed by atoms with van der Waals surface area (Å²) in [4.78, 5) is 26.6. The maximum Gasteiger partial charge on any atom is 0.338 e. The Morgan fingerprint density at radius 3 is 2.00 bits per heavy atom. The third kappa shape index (κ3) is 4.37. The van der Waals surface area contributed by atoms with Gasteiger partial charge in [0.05, 0.1) is 13.2 Å². The number of esters is 2. The first kappa shape index (κ1) is 19.7. The summed E-state index contributed by atoms with van der Waals surface area (Å²) in [7, 11) is 3.25. The van der Waals surface area contributed by atoms with Gasteiger partial charge < -0.3 is 9.47 Å². The molecule has 128 valence electrons. The van der Waals surface area contributed by atoms with E-state index in [1.165, 1.54) is 4.90 Å². The predicted molar refractivity (Wildman–Crippen MR) is 89.9 cm³/mol. The van der Waals surface area contributed by atoms with Crippen LogP contribution in [0.4, 0.5) is 0 Å². The van der Waals surface area contributed by atoms with Crippen LogP contribution in [0, 0.1) is 0 Å². The van der Waals surface area contributed by atoms with Crippen molar-refractivity contribution in [1.29, 1.82) is 0 Å². The molecule has 0 atom stereocenters. The van der Waals surface area contributed by atoms with E-state index in [1.807, 2.05) is 0 Å². The van der Waals surface area contributed by atoms with Crippen LogP contribution >= 0.6 is 23.2 Å². The summed E-state index contributed by atoms with van der Waals surface area (Å²) in [6.45, 7) is 3.67. The number of hydrogen-bond donors (Lipinski definition) is 0. The van der Waals surface area contributed by atoms with Gasteiger partial charge >= 0.3 is 11.9 Å². The number of nitrogens with zero attached hydrogens (tertiary/aromatic N) is 1. The van der Waals surface area contributed by atoms with Gasteiger partial charge in [-0.25, -0.2) is 9.59 Å². The van der Waals surface area contributed by atoms with E-state index < -0.39 is 17.5 Å². The Balaban J connectivity index is 3.36. The van der Waals surface area contributed by atoms with Crippen molar-refractivity contribution in [2.75, 3.05) is 27.3 Å². The van der Waals surface area contributed by atoms with E-state index in [4.69, 9.17) is 32.7 Å². The molecule has 0 aliphatic heterocycles. The molecule has 23 heavy (non-hydrogen) atoms. The van der Waals surface area contributed by atoms with Crippen molar-refractivity contribution in [2.45, 2.75) is 25.8 Å². The van der Waals surface area contributed by atoms with Gasteiger partial charge in [-0.2, -0.15) is 0 Å². The zero-order valence-corrected chi connectivity index (χ0v) is 15.2. The number of benzene rings is 1. The highest BCUT2D eigenvalue weighted by atomic mass is 35.5. The zero-order chi connectivity index (χ0) is 17.6. The fourth-order valence-electron chi connectivity index (χ4n) is 2.19. The fourth-order valence-corrected chi connectivity index (χ4v) is 2.67. The average Bonchev–Trinajstić information content (AvgIpc) is 2.46. The van der Waals surface area contributed by atoms with E-state index in [1.54, 1.807) is 46.1 Å². The smallest absolute Gasteiger partial charge is 0.338 e. The molecule has 0 bridgehead atoms. The molecule has 0 amide bonds. The molecule has 5 nitrogen and oxygen atoms in total. The zero-order valence-electron chi connectivity index (χ0n) is 13.7. The summed E-state index contributed by atoms with van der Waals surface area (Å²) in [5.74, 6) is -1.34. The normalized spacial score (nSPS) is 11.4. The minimum Gasteiger partial charge on any atom is -0.464 e. The molecule has 1 rings (SSSR count). The molecular formula is C16H21Cl2NO4. The SMILES string of the molecule is CCOC(=O)C(Cc1ccc(Cl)cc1Cl)(C(=O)OCC)N(C)C. The number of ether oxygens (including phenoxy) is 2. The van der Waals surface area contributed by atoms with E-state index in [-0.39, 0.29) is 19.6 Å². The van der Waals surface area contributed by atoms with E-state index in [9.17, 15) is 9.59 Å². The van der Waals surface area contributed by atoms with Crippen LogP contribution in [0.5, 0.6) is 0 Å². The lowest BCUT2D eigenvalue weighted by molar-refractivity contribution is -0.173. The van der Waals surface area contributed by atoms with Crippen LogP contribution < -0.4 is 0 Å². The van der Waals surface area contributed by atoms with Gasteiger partial charge in [0.1, 0.15) is 0 Å². The maximum atomic E-state index is 12.6. The summed E-state index contributed by atoms with van der Waals surface area (Å²) in [6.07, 6.45) is 0.0215. The second-order valence-electron chi connectivity index (χ2n) is 5.11. The Morgan fingerprint density at radius 1 is 1.09 bits per heavy atom. The third-order valence-corrected chi connectivity index (χ3v) is 4.04.